The molecule has 462 valence electrons. The van der Waals surface area contributed by atoms with Crippen LogP contribution in [0.25, 0.3) is 143 Å². The van der Waals surface area contributed by atoms with Crippen LogP contribution in [0, 0.1) is 27.7 Å². The highest BCUT2D eigenvalue weighted by Crippen LogP contribution is 2.56. The molecule has 0 N–H and O–H groups in total. The molecule has 19 rings (SSSR count). The molecule has 4 aromatic heterocycles. The van der Waals surface area contributed by atoms with Gasteiger partial charge < -0.3 is 18.6 Å². The van der Waals surface area contributed by atoms with Crippen LogP contribution in [0.1, 0.15) is 22.3 Å². The average molecular weight is 1250 g/mol. The summed E-state index contributed by atoms with van der Waals surface area (Å²) in [5.41, 5.74) is 32.8. The van der Waals surface area contributed by atoms with E-state index in [9.17, 15) is 0 Å². The fraction of sp³-hybridized carbons (Fsp3) is 0.0426. The molecular formula is C94H66N4. The fourth-order valence-electron chi connectivity index (χ4n) is 16.2. The highest BCUT2D eigenvalue weighted by Gasteiger charge is 2.32. The summed E-state index contributed by atoms with van der Waals surface area (Å²) < 4.78 is 5.32. The zero-order valence-corrected chi connectivity index (χ0v) is 55.0. The molecule has 0 saturated heterocycles. The lowest BCUT2D eigenvalue weighted by atomic mass is 9.89. The Kier molecular flexibility index (Phi) is 13.1. The van der Waals surface area contributed by atoms with Crippen molar-refractivity contribution in [3.05, 3.63) is 350 Å². The van der Waals surface area contributed by atoms with Gasteiger partial charge in [-0.05, 0) is 154 Å². The summed E-state index contributed by atoms with van der Waals surface area (Å²) in [5.74, 6) is 0. The van der Waals surface area contributed by atoms with E-state index in [2.05, 4.69) is 374 Å². The van der Waals surface area contributed by atoms with Gasteiger partial charge in [0.2, 0.25) is 0 Å². The third-order valence-corrected chi connectivity index (χ3v) is 20.8. The summed E-state index contributed by atoms with van der Waals surface area (Å²) in [6.07, 6.45) is 0. The van der Waals surface area contributed by atoms with Crippen LogP contribution < -0.4 is 9.80 Å². The first-order valence-electron chi connectivity index (χ1n) is 34.1. The van der Waals surface area contributed by atoms with Crippen LogP contribution in [-0.2, 0) is 0 Å². The summed E-state index contributed by atoms with van der Waals surface area (Å²) in [5, 5.41) is 9.80. The van der Waals surface area contributed by atoms with E-state index in [0.717, 1.165) is 45.2 Å². The van der Waals surface area contributed by atoms with Crippen LogP contribution in [0.3, 0.4) is 0 Å². The van der Waals surface area contributed by atoms with Gasteiger partial charge in [0.05, 0.1) is 33.1 Å². The first kappa shape index (κ1) is 57.0. The molecule has 4 heterocycles. The predicted molar refractivity (Wildman–Crippen MR) is 417 cm³/mol. The molecule has 4 heteroatoms. The highest BCUT2D eigenvalue weighted by atomic mass is 15.2. The maximum absolute atomic E-state index is 2.66. The second-order valence-corrected chi connectivity index (χ2v) is 26.5. The van der Waals surface area contributed by atoms with Crippen molar-refractivity contribution in [3.63, 3.8) is 0 Å². The van der Waals surface area contributed by atoms with Crippen molar-refractivity contribution in [2.24, 2.45) is 0 Å². The molecule has 0 amide bonds. The minimum atomic E-state index is 1.08. The Morgan fingerprint density at radius 1 is 0.204 bits per heavy atom. The molecular weight excluding hydrogens is 1190 g/mol. The van der Waals surface area contributed by atoms with Crippen LogP contribution in [-0.4, -0.2) is 8.80 Å². The molecule has 0 fully saturated rings. The molecule has 0 aliphatic carbocycles. The van der Waals surface area contributed by atoms with Crippen molar-refractivity contribution >= 4 is 110 Å². The van der Waals surface area contributed by atoms with E-state index >= 15 is 0 Å². The third-order valence-electron chi connectivity index (χ3n) is 20.8. The smallest absolute Gasteiger partial charge is 0.0634 e. The van der Waals surface area contributed by atoms with E-state index in [-0.39, 0.29) is 0 Å². The molecule has 0 aliphatic rings. The lowest BCUT2D eigenvalue weighted by molar-refractivity contribution is 1.23. The summed E-state index contributed by atoms with van der Waals surface area (Å²) in [6.45, 7) is 9.02. The lowest BCUT2D eigenvalue weighted by Crippen LogP contribution is -2.13. The first-order chi connectivity index (χ1) is 48.3. The van der Waals surface area contributed by atoms with Gasteiger partial charge in [0.1, 0.15) is 0 Å². The Bertz CT molecular complexity index is 5740. The molecule has 15 aromatic carbocycles. The maximum Gasteiger partial charge on any atom is 0.0634 e. The summed E-state index contributed by atoms with van der Waals surface area (Å²) in [7, 11) is 0. The Hall–Kier alpha value is -12.5. The van der Waals surface area contributed by atoms with E-state index < -0.39 is 0 Å². The Balaban J connectivity index is 0.930. The molecule has 98 heavy (non-hydrogen) atoms. The zero-order valence-electron chi connectivity index (χ0n) is 55.0. The van der Waals surface area contributed by atoms with Gasteiger partial charge in [0.25, 0.3) is 0 Å². The number of hydrogen-bond donors (Lipinski definition) is 0. The minimum absolute atomic E-state index is 1.08. The van der Waals surface area contributed by atoms with Crippen molar-refractivity contribution in [3.8, 4) is 66.8 Å². The van der Waals surface area contributed by atoms with Crippen molar-refractivity contribution in [1.29, 1.82) is 0 Å². The van der Waals surface area contributed by atoms with Gasteiger partial charge in [-0.25, -0.2) is 0 Å². The predicted octanol–water partition coefficient (Wildman–Crippen LogP) is 26.2. The monoisotopic (exact) mass is 1250 g/mol. The van der Waals surface area contributed by atoms with Gasteiger partial charge in [-0.15, -0.1) is 0 Å². The van der Waals surface area contributed by atoms with Crippen molar-refractivity contribution in [2.75, 3.05) is 9.80 Å². The summed E-state index contributed by atoms with van der Waals surface area (Å²) in [4.78, 5) is 5.05. The van der Waals surface area contributed by atoms with E-state index in [1.807, 2.05) is 0 Å². The number of nitrogens with zero attached hydrogens (tertiary/aromatic N) is 4. The Morgan fingerprint density at radius 3 is 0.776 bits per heavy atom. The summed E-state index contributed by atoms with van der Waals surface area (Å²) >= 11 is 0. The maximum atomic E-state index is 2.66. The second-order valence-electron chi connectivity index (χ2n) is 26.5. The van der Waals surface area contributed by atoms with Crippen LogP contribution in [0.5, 0.6) is 0 Å². The van der Waals surface area contributed by atoms with E-state index in [1.165, 1.54) is 154 Å². The molecule has 0 atom stereocenters. The standard InChI is InChI=1S/C94H66N4/c1-59-41-45-69(63-25-11-5-12-26-63)53-81(59)95(82-54-70(46-42-60(82)2)64-27-13-6-14-28-64)73-49-51-75-77-37-23-39-79-89-88(68-35-21-10-22-36-68)94-90(87(67-33-19-9-20-34-67)93(89)97(91(77)79)85(75)57-73)80-40-24-38-78-76-52-50-74(58-86(76)98(94)92(78)80)96(83-55-71(47-43-61(83)3)65-29-15-7-16-30-65)84-56-72(48-44-62(84)4)66-31-17-8-18-32-66/h5-58H,1-4H3. The highest BCUT2D eigenvalue weighted by molar-refractivity contribution is 6.38. The quantitative estimate of drug-likeness (QED) is 0.121. The van der Waals surface area contributed by atoms with Crippen molar-refractivity contribution in [2.45, 2.75) is 27.7 Å². The first-order valence-corrected chi connectivity index (χ1v) is 34.1. The molecule has 0 unspecified atom stereocenters. The van der Waals surface area contributed by atoms with Crippen molar-refractivity contribution < 1.29 is 0 Å². The van der Waals surface area contributed by atoms with E-state index in [4.69, 9.17) is 0 Å². The van der Waals surface area contributed by atoms with Gasteiger partial charge in [0.15, 0.2) is 0 Å². The largest absolute Gasteiger partial charge is 0.310 e. The third kappa shape index (κ3) is 8.84. The molecule has 19 aromatic rings. The number of anilines is 6. The Labute approximate surface area is 569 Å². The normalized spacial score (nSPS) is 11.9. The number of benzene rings is 15. The van der Waals surface area contributed by atoms with Crippen LogP contribution >= 0.6 is 0 Å². The summed E-state index contributed by atoms with van der Waals surface area (Å²) in [6, 6.07) is 122. The van der Waals surface area contributed by atoms with E-state index in [1.54, 1.807) is 0 Å². The van der Waals surface area contributed by atoms with Gasteiger partial charge >= 0.3 is 0 Å². The number of rotatable bonds is 12. The Morgan fingerprint density at radius 2 is 0.480 bits per heavy atom. The minimum Gasteiger partial charge on any atom is -0.310 e. The van der Waals surface area contributed by atoms with Crippen LogP contribution in [0.4, 0.5) is 34.1 Å². The second kappa shape index (κ2) is 22.6. The van der Waals surface area contributed by atoms with Crippen molar-refractivity contribution in [1.82, 2.24) is 8.80 Å². The van der Waals surface area contributed by atoms with Gasteiger partial charge in [-0.1, -0.05) is 279 Å². The van der Waals surface area contributed by atoms with Gasteiger partial charge in [-0.2, -0.15) is 0 Å². The fourth-order valence-corrected chi connectivity index (χ4v) is 16.2. The number of aromatic nitrogens is 2. The molecule has 0 bridgehead atoms. The number of aryl methyl sites for hydroxylation is 4. The molecule has 0 radical (unpaired) electrons. The topological polar surface area (TPSA) is 15.3 Å². The number of para-hydroxylation sites is 2. The lowest BCUT2D eigenvalue weighted by Gasteiger charge is -2.30. The number of hydrogen-bond acceptors (Lipinski definition) is 2. The van der Waals surface area contributed by atoms with Gasteiger partial charge in [-0.3, -0.25) is 0 Å². The zero-order chi connectivity index (χ0) is 65.3. The molecule has 4 nitrogen and oxygen atoms in total. The average Bonchev–Trinajstić information content (AvgIpc) is 1.50. The van der Waals surface area contributed by atoms with E-state index in [0.29, 0.717) is 0 Å². The van der Waals surface area contributed by atoms with Gasteiger partial charge in [0, 0.05) is 88.3 Å². The molecule has 0 saturated carbocycles. The molecule has 0 spiro atoms. The molecule has 0 aliphatic heterocycles. The van der Waals surface area contributed by atoms with Crippen LogP contribution in [0.2, 0.25) is 0 Å². The SMILES string of the molecule is Cc1ccc(-c2ccccc2)cc1N(c1ccc2c3cccc4c5c(-c6ccccc6)c6c(c(-c7ccccc7)c5n(c2c1)c34)c1cccc2c3ccc(N(c4cc(-c5ccccc5)ccc4C)c4cc(-c5ccccc5)ccc4C)cc3n6c21)c1cc(-c2ccccc2)ccc1C. The number of fused-ring (bicyclic) bond motifs is 12. The van der Waals surface area contributed by atoms with Crippen LogP contribution in [0.15, 0.2) is 328 Å².